The second kappa shape index (κ2) is 13.9. The van der Waals surface area contributed by atoms with Crippen molar-refractivity contribution >= 4 is 75.3 Å². The number of amides is 4. The van der Waals surface area contributed by atoms with Gasteiger partial charge in [-0.15, -0.1) is 23.2 Å². The van der Waals surface area contributed by atoms with Gasteiger partial charge in [0.1, 0.15) is 5.82 Å². The molecule has 14 heteroatoms. The van der Waals surface area contributed by atoms with Crippen molar-refractivity contribution < 1.29 is 33.4 Å². The number of phenols is 1. The van der Waals surface area contributed by atoms with Crippen LogP contribution in [0.15, 0.2) is 113 Å². The van der Waals surface area contributed by atoms with Gasteiger partial charge < -0.3 is 14.7 Å². The van der Waals surface area contributed by atoms with E-state index in [1.54, 1.807) is 43.3 Å². The van der Waals surface area contributed by atoms with Crippen LogP contribution in [-0.2, 0) is 19.2 Å². The average Bonchev–Trinajstić information content (AvgIpc) is 3.53. The predicted molar refractivity (Wildman–Crippen MR) is 210 cm³/mol. The van der Waals surface area contributed by atoms with Crippen molar-refractivity contribution in [2.75, 3.05) is 35.4 Å². The first-order valence-corrected chi connectivity index (χ1v) is 18.9. The Labute approximate surface area is 332 Å². The molecule has 0 bridgehead atoms. The fraction of sp³-hybridized carbons (Fsp3) is 0.286. The van der Waals surface area contributed by atoms with Crippen molar-refractivity contribution in [3.8, 4) is 11.5 Å². The normalized spacial score (nSPS) is 27.0. The maximum Gasteiger partial charge on any atom is 0.258 e. The average molecular weight is 797 g/mol. The molecule has 56 heavy (non-hydrogen) atoms. The molecule has 1 N–H and O–H groups in total. The van der Waals surface area contributed by atoms with Crippen LogP contribution in [0.4, 0.5) is 32.8 Å². The van der Waals surface area contributed by atoms with Gasteiger partial charge in [-0.05, 0) is 116 Å². The standard InChI is InChI=1S/C42H36Cl2FN5O6/c1-4-56-34-21-23(5-20-33(34)51)36-30-18-19-31-35(32(30)22-41(43)39(54)50(40(55)42(36,41)44)29-12-6-24(45)7-13-29)38(53)49(37(31)52)28-16-10-26(11-17-28)47-46-25-8-14-27(15-9-25)48(2)3/h5-18,20-21,31-32,35-36,51H,4,19,22H2,1-3H3. The zero-order chi connectivity index (χ0) is 39.7. The number of hydrogen-bond donors (Lipinski definition) is 1. The third kappa shape index (κ3) is 5.68. The topological polar surface area (TPSA) is 132 Å². The minimum absolute atomic E-state index is 0.0775. The van der Waals surface area contributed by atoms with E-state index in [9.17, 15) is 28.7 Å². The number of ether oxygens (including phenoxy) is 1. The number of rotatable bonds is 8. The quantitative estimate of drug-likeness (QED) is 0.0824. The number of nitrogens with zero attached hydrogens (tertiary/aromatic N) is 5. The minimum Gasteiger partial charge on any atom is -0.504 e. The van der Waals surface area contributed by atoms with Crippen LogP contribution in [0.3, 0.4) is 0 Å². The Bertz CT molecular complexity index is 2340. The van der Waals surface area contributed by atoms with E-state index in [0.717, 1.165) is 27.6 Å². The van der Waals surface area contributed by atoms with Crippen molar-refractivity contribution in [3.05, 3.63) is 114 Å². The van der Waals surface area contributed by atoms with Crippen molar-refractivity contribution in [3.63, 3.8) is 0 Å². The number of azo groups is 1. The molecule has 11 nitrogen and oxygen atoms in total. The number of anilines is 3. The van der Waals surface area contributed by atoms with Crippen LogP contribution in [0.25, 0.3) is 0 Å². The van der Waals surface area contributed by atoms with Gasteiger partial charge in [0.2, 0.25) is 11.8 Å². The lowest BCUT2D eigenvalue weighted by molar-refractivity contribution is -0.125. The molecule has 6 unspecified atom stereocenters. The Kier molecular flexibility index (Phi) is 9.24. The van der Waals surface area contributed by atoms with E-state index >= 15 is 0 Å². The summed E-state index contributed by atoms with van der Waals surface area (Å²) in [4.78, 5) is 57.6. The molecule has 4 aromatic carbocycles. The van der Waals surface area contributed by atoms with Gasteiger partial charge in [0.15, 0.2) is 21.2 Å². The maximum atomic E-state index is 14.6. The highest BCUT2D eigenvalue weighted by Crippen LogP contribution is 2.66. The lowest BCUT2D eigenvalue weighted by atomic mass is 9.56. The van der Waals surface area contributed by atoms with Gasteiger partial charge in [0.05, 0.1) is 41.2 Å². The van der Waals surface area contributed by atoms with Gasteiger partial charge in [-0.3, -0.25) is 24.1 Å². The van der Waals surface area contributed by atoms with E-state index in [-0.39, 0.29) is 36.6 Å². The summed E-state index contributed by atoms with van der Waals surface area (Å²) in [5, 5.41) is 19.2. The highest BCUT2D eigenvalue weighted by Gasteiger charge is 2.76. The van der Waals surface area contributed by atoms with Crippen LogP contribution in [-0.4, -0.2) is 59.2 Å². The third-order valence-corrected chi connectivity index (χ3v) is 12.7. The second-order valence-electron chi connectivity index (χ2n) is 14.6. The lowest BCUT2D eigenvalue weighted by Gasteiger charge is -2.50. The Hall–Kier alpha value is -5.59. The molecule has 286 valence electrons. The van der Waals surface area contributed by atoms with Gasteiger partial charge in [-0.25, -0.2) is 9.29 Å². The molecule has 4 aromatic rings. The first-order chi connectivity index (χ1) is 26.8. The Morgan fingerprint density at radius 1 is 0.821 bits per heavy atom. The summed E-state index contributed by atoms with van der Waals surface area (Å²) in [5.74, 6) is -6.71. The summed E-state index contributed by atoms with van der Waals surface area (Å²) in [5.41, 5.74) is 3.60. The molecule has 1 saturated carbocycles. The molecule has 4 aliphatic rings. The highest BCUT2D eigenvalue weighted by molar-refractivity contribution is 6.58. The number of halogens is 3. The molecule has 2 aliphatic heterocycles. The number of carbonyl (C=O) groups is 4. The Balaban J connectivity index is 1.16. The summed E-state index contributed by atoms with van der Waals surface area (Å²) in [7, 11) is 3.89. The number of fused-ring (bicyclic) bond motifs is 4. The van der Waals surface area contributed by atoms with Crippen molar-refractivity contribution in [1.29, 1.82) is 0 Å². The molecular weight excluding hydrogens is 760 g/mol. The summed E-state index contributed by atoms with van der Waals surface area (Å²) >= 11 is 14.9. The monoisotopic (exact) mass is 795 g/mol. The number of allylic oxidation sites excluding steroid dienone is 2. The smallest absolute Gasteiger partial charge is 0.258 e. The fourth-order valence-corrected chi connectivity index (χ4v) is 9.54. The number of alkyl halides is 2. The molecule has 4 amide bonds. The van der Waals surface area contributed by atoms with Crippen molar-refractivity contribution in [1.82, 2.24) is 0 Å². The van der Waals surface area contributed by atoms with Crippen LogP contribution >= 0.6 is 23.2 Å². The Morgan fingerprint density at radius 2 is 1.43 bits per heavy atom. The van der Waals surface area contributed by atoms with E-state index < -0.39 is 62.9 Å². The van der Waals surface area contributed by atoms with E-state index in [1.165, 1.54) is 18.2 Å². The molecule has 0 radical (unpaired) electrons. The largest absolute Gasteiger partial charge is 0.504 e. The molecule has 2 aliphatic carbocycles. The summed E-state index contributed by atoms with van der Waals surface area (Å²) in [6.07, 6.45) is 1.75. The van der Waals surface area contributed by atoms with Gasteiger partial charge in [-0.1, -0.05) is 17.7 Å². The predicted octanol–water partition coefficient (Wildman–Crippen LogP) is 8.18. The lowest BCUT2D eigenvalue weighted by Crippen LogP contribution is -2.60. The van der Waals surface area contributed by atoms with Gasteiger partial charge >= 0.3 is 0 Å². The van der Waals surface area contributed by atoms with Crippen LogP contribution in [0, 0.1) is 23.6 Å². The zero-order valence-corrected chi connectivity index (χ0v) is 32.0. The van der Waals surface area contributed by atoms with Crippen LogP contribution < -0.4 is 19.4 Å². The van der Waals surface area contributed by atoms with E-state index in [1.807, 2.05) is 49.3 Å². The molecule has 3 fully saturated rings. The number of imide groups is 2. The first-order valence-electron chi connectivity index (χ1n) is 18.1. The van der Waals surface area contributed by atoms with Crippen molar-refractivity contribution in [2.24, 2.45) is 28.0 Å². The number of hydrogen-bond acceptors (Lipinski definition) is 9. The second-order valence-corrected chi connectivity index (χ2v) is 15.8. The van der Waals surface area contributed by atoms with Gasteiger partial charge in [-0.2, -0.15) is 10.2 Å². The first kappa shape index (κ1) is 37.3. The number of benzene rings is 4. The van der Waals surface area contributed by atoms with Crippen LogP contribution in [0.5, 0.6) is 11.5 Å². The number of carbonyl (C=O) groups excluding carboxylic acids is 4. The molecule has 2 saturated heterocycles. The molecule has 0 aromatic heterocycles. The summed E-state index contributed by atoms with van der Waals surface area (Å²) in [6.45, 7) is 1.97. The van der Waals surface area contributed by atoms with Gasteiger partial charge in [0, 0.05) is 25.7 Å². The van der Waals surface area contributed by atoms with Gasteiger partial charge in [0.25, 0.3) is 11.8 Å². The van der Waals surface area contributed by atoms with E-state index in [0.29, 0.717) is 28.2 Å². The molecule has 2 heterocycles. The summed E-state index contributed by atoms with van der Waals surface area (Å²) in [6, 6.07) is 23.5. The molecule has 8 rings (SSSR count). The summed E-state index contributed by atoms with van der Waals surface area (Å²) < 4.78 is 19.7. The van der Waals surface area contributed by atoms with E-state index in [4.69, 9.17) is 27.9 Å². The molecule has 0 spiro atoms. The van der Waals surface area contributed by atoms with Crippen LogP contribution in [0.1, 0.15) is 31.2 Å². The highest BCUT2D eigenvalue weighted by atomic mass is 35.5. The SMILES string of the molecule is CCOc1cc(C2C3=CCC4C(=O)N(c5ccc(N=Nc6ccc(N(C)C)cc6)cc5)C(=O)C4C3CC3(Cl)C(=O)N(c4ccc(F)cc4)C(=O)C23Cl)ccc1O. The third-order valence-electron chi connectivity index (χ3n) is 11.3. The number of aromatic hydroxyl groups is 1. The number of phenolic OH excluding ortho intramolecular Hbond substituents is 1. The molecule has 6 atom stereocenters. The van der Waals surface area contributed by atoms with E-state index in [2.05, 4.69) is 10.2 Å². The maximum absolute atomic E-state index is 14.6. The molecular formula is C42H36Cl2FN5O6. The van der Waals surface area contributed by atoms with Crippen LogP contribution in [0.2, 0.25) is 0 Å². The fourth-order valence-electron chi connectivity index (χ4n) is 8.61. The Morgan fingerprint density at radius 3 is 2.05 bits per heavy atom. The van der Waals surface area contributed by atoms with Crippen molar-refractivity contribution in [2.45, 2.75) is 35.4 Å². The minimum atomic E-state index is -2.13. The zero-order valence-electron chi connectivity index (χ0n) is 30.5.